The molecule has 0 fully saturated rings. The van der Waals surface area contributed by atoms with Crippen molar-refractivity contribution in [1.29, 1.82) is 0 Å². The van der Waals surface area contributed by atoms with Crippen LogP contribution in [-0.2, 0) is 26.5 Å². The van der Waals surface area contributed by atoms with Gasteiger partial charge >= 0.3 is 0 Å². The number of phenols is 1. The fourth-order valence-corrected chi connectivity index (χ4v) is 4.31. The Morgan fingerprint density at radius 3 is 2.11 bits per heavy atom. The summed E-state index contributed by atoms with van der Waals surface area (Å²) in [4.78, 5) is 9.49. The SMILES string of the molecule is CC(C)(c1ccccc1)c1ccc(-c2cccc(-c3ccccc3O)n2)[c-]c1-c1ccccn1.[Pt]. The molecule has 0 bridgehead atoms. The summed E-state index contributed by atoms with van der Waals surface area (Å²) in [6.45, 7) is 4.46. The zero-order valence-corrected chi connectivity index (χ0v) is 21.8. The first-order chi connectivity index (χ1) is 16.5. The number of phenolic OH excluding ortho intramolecular Hbond substituents is 1. The van der Waals surface area contributed by atoms with Gasteiger partial charge in [-0.15, -0.1) is 18.2 Å². The molecule has 0 unspecified atom stereocenters. The van der Waals surface area contributed by atoms with Gasteiger partial charge in [-0.05, 0) is 35.2 Å². The van der Waals surface area contributed by atoms with Crippen LogP contribution in [0.2, 0.25) is 0 Å². The minimum atomic E-state index is -0.242. The molecule has 0 aliphatic heterocycles. The Labute approximate surface area is 220 Å². The van der Waals surface area contributed by atoms with E-state index in [1.165, 1.54) is 5.56 Å². The molecule has 4 heteroatoms. The summed E-state index contributed by atoms with van der Waals surface area (Å²) in [6.07, 6.45) is 1.81. The summed E-state index contributed by atoms with van der Waals surface area (Å²) >= 11 is 0. The van der Waals surface area contributed by atoms with Gasteiger partial charge in [0.05, 0.1) is 5.69 Å². The third-order valence-corrected chi connectivity index (χ3v) is 6.24. The normalized spacial score (nSPS) is 11.0. The van der Waals surface area contributed by atoms with Gasteiger partial charge in [-0.3, -0.25) is 9.97 Å². The van der Waals surface area contributed by atoms with E-state index in [9.17, 15) is 5.11 Å². The maximum Gasteiger partial charge on any atom is 0.124 e. The zero-order chi connectivity index (χ0) is 23.5. The fourth-order valence-electron chi connectivity index (χ4n) is 4.31. The molecule has 2 heterocycles. The zero-order valence-electron chi connectivity index (χ0n) is 19.6. The Bertz CT molecular complexity index is 1430. The second-order valence-electron chi connectivity index (χ2n) is 8.79. The number of aromatic hydroxyl groups is 1. The number of hydrogen-bond acceptors (Lipinski definition) is 3. The van der Waals surface area contributed by atoms with Gasteiger partial charge in [0, 0.05) is 44.2 Å². The molecule has 0 atom stereocenters. The standard InChI is InChI=1S/C31H25N2O.Pt/c1-31(2,23-11-4-3-5-12-23)26-19-18-22(21-25(26)28-14-8-9-20-32-28)27-15-10-16-29(33-27)24-13-6-7-17-30(24)34;/h3-20,34H,1-2H3;/q-1;. The summed E-state index contributed by atoms with van der Waals surface area (Å²) in [6, 6.07) is 37.4. The monoisotopic (exact) mass is 636 g/mol. The molecule has 5 rings (SSSR count). The van der Waals surface area contributed by atoms with Crippen LogP contribution in [0.25, 0.3) is 33.8 Å². The maximum absolute atomic E-state index is 10.3. The van der Waals surface area contributed by atoms with Crippen molar-refractivity contribution in [1.82, 2.24) is 9.97 Å². The number of aromatic nitrogens is 2. The molecule has 0 saturated carbocycles. The van der Waals surface area contributed by atoms with Gasteiger partial charge < -0.3 is 5.11 Å². The Kier molecular flexibility index (Phi) is 7.28. The van der Waals surface area contributed by atoms with E-state index >= 15 is 0 Å². The first kappa shape index (κ1) is 24.6. The third kappa shape index (κ3) is 4.97. The van der Waals surface area contributed by atoms with Crippen molar-refractivity contribution in [2.45, 2.75) is 19.3 Å². The van der Waals surface area contributed by atoms with Crippen LogP contribution in [0.5, 0.6) is 5.75 Å². The molecule has 0 radical (unpaired) electrons. The molecule has 0 aliphatic rings. The van der Waals surface area contributed by atoms with Crippen molar-refractivity contribution < 1.29 is 26.2 Å². The van der Waals surface area contributed by atoms with Crippen LogP contribution < -0.4 is 0 Å². The van der Waals surface area contributed by atoms with E-state index < -0.39 is 0 Å². The van der Waals surface area contributed by atoms with Crippen LogP contribution in [0.15, 0.2) is 109 Å². The Hall–Kier alpha value is -3.55. The van der Waals surface area contributed by atoms with E-state index in [1.54, 1.807) is 6.07 Å². The van der Waals surface area contributed by atoms with Crippen LogP contribution in [0.3, 0.4) is 0 Å². The van der Waals surface area contributed by atoms with Gasteiger partial charge in [-0.2, -0.15) is 0 Å². The van der Waals surface area contributed by atoms with Crippen LogP contribution in [0.4, 0.5) is 0 Å². The second-order valence-corrected chi connectivity index (χ2v) is 8.79. The summed E-state index contributed by atoms with van der Waals surface area (Å²) in [5.74, 6) is 0.213. The van der Waals surface area contributed by atoms with Crippen molar-refractivity contribution in [2.75, 3.05) is 0 Å². The number of pyridine rings is 2. The van der Waals surface area contributed by atoms with Crippen LogP contribution in [0, 0.1) is 6.07 Å². The summed E-state index contributed by atoms with van der Waals surface area (Å²) < 4.78 is 0. The molecule has 35 heavy (non-hydrogen) atoms. The number of hydrogen-bond donors (Lipinski definition) is 1. The van der Waals surface area contributed by atoms with E-state index in [1.807, 2.05) is 66.9 Å². The van der Waals surface area contributed by atoms with E-state index in [4.69, 9.17) is 4.98 Å². The number of rotatable bonds is 5. The molecular weight excluding hydrogens is 611 g/mol. The first-order valence-corrected chi connectivity index (χ1v) is 11.3. The van der Waals surface area contributed by atoms with Gasteiger partial charge in [0.25, 0.3) is 0 Å². The Morgan fingerprint density at radius 2 is 1.37 bits per heavy atom. The van der Waals surface area contributed by atoms with Crippen molar-refractivity contribution in [3.8, 4) is 39.5 Å². The molecule has 5 aromatic rings. The van der Waals surface area contributed by atoms with Crippen molar-refractivity contribution in [3.05, 3.63) is 127 Å². The van der Waals surface area contributed by atoms with Crippen molar-refractivity contribution in [2.24, 2.45) is 0 Å². The van der Waals surface area contributed by atoms with Gasteiger partial charge in [0.2, 0.25) is 0 Å². The molecule has 2 aromatic heterocycles. The number of para-hydroxylation sites is 1. The summed E-state index contributed by atoms with van der Waals surface area (Å²) in [5.41, 5.74) is 7.07. The molecule has 0 spiro atoms. The largest absolute Gasteiger partial charge is 0.507 e. The maximum atomic E-state index is 10.3. The minimum absolute atomic E-state index is 0. The minimum Gasteiger partial charge on any atom is -0.507 e. The van der Waals surface area contributed by atoms with E-state index in [-0.39, 0.29) is 32.2 Å². The molecule has 1 N–H and O–H groups in total. The van der Waals surface area contributed by atoms with Gasteiger partial charge in [-0.25, -0.2) is 0 Å². The molecular formula is C31H25N2OPt-. The molecule has 0 aliphatic carbocycles. The van der Waals surface area contributed by atoms with Crippen LogP contribution >= 0.6 is 0 Å². The Balaban J connectivity index is 0.00000289. The smallest absolute Gasteiger partial charge is 0.124 e. The molecule has 0 saturated heterocycles. The van der Waals surface area contributed by atoms with Gasteiger partial charge in [0.15, 0.2) is 0 Å². The van der Waals surface area contributed by atoms with Crippen molar-refractivity contribution >= 4 is 0 Å². The molecule has 3 aromatic carbocycles. The fraction of sp³-hybridized carbons (Fsp3) is 0.0968. The third-order valence-electron chi connectivity index (χ3n) is 6.24. The predicted octanol–water partition coefficient (Wildman–Crippen LogP) is 7.31. The Morgan fingerprint density at radius 1 is 0.686 bits per heavy atom. The second kappa shape index (κ2) is 10.4. The van der Waals surface area contributed by atoms with E-state index in [0.717, 1.165) is 33.8 Å². The number of nitrogens with zero attached hydrogens (tertiary/aromatic N) is 2. The number of benzene rings is 3. The predicted molar refractivity (Wildman–Crippen MR) is 137 cm³/mol. The summed E-state index contributed by atoms with van der Waals surface area (Å²) in [7, 11) is 0. The van der Waals surface area contributed by atoms with E-state index in [2.05, 4.69) is 61.3 Å². The molecule has 0 amide bonds. The topological polar surface area (TPSA) is 46.0 Å². The summed E-state index contributed by atoms with van der Waals surface area (Å²) in [5, 5.41) is 10.3. The molecule has 176 valence electrons. The quantitative estimate of drug-likeness (QED) is 0.206. The molecule has 3 nitrogen and oxygen atoms in total. The average molecular weight is 637 g/mol. The van der Waals surface area contributed by atoms with Crippen molar-refractivity contribution in [3.63, 3.8) is 0 Å². The first-order valence-electron chi connectivity index (χ1n) is 11.3. The average Bonchev–Trinajstić information content (AvgIpc) is 2.90. The van der Waals surface area contributed by atoms with Crippen LogP contribution in [-0.4, -0.2) is 15.1 Å². The van der Waals surface area contributed by atoms with Gasteiger partial charge in [0.1, 0.15) is 5.75 Å². The van der Waals surface area contributed by atoms with E-state index in [0.29, 0.717) is 5.56 Å². The van der Waals surface area contributed by atoms with Crippen LogP contribution in [0.1, 0.15) is 25.0 Å². The van der Waals surface area contributed by atoms with Gasteiger partial charge in [-0.1, -0.05) is 97.3 Å².